The number of hydrogen-bond acceptors (Lipinski definition) is 4. The maximum atomic E-state index is 12.2. The Morgan fingerprint density at radius 2 is 2.08 bits per heavy atom. The van der Waals surface area contributed by atoms with Gasteiger partial charge in [-0.3, -0.25) is 4.79 Å². The maximum Gasteiger partial charge on any atom is 0.307 e. The van der Waals surface area contributed by atoms with Crippen LogP contribution in [-0.2, 0) is 0 Å². The Labute approximate surface area is 139 Å². The van der Waals surface area contributed by atoms with E-state index in [2.05, 4.69) is 10.5 Å². The molecule has 1 amide bonds. The van der Waals surface area contributed by atoms with Gasteiger partial charge in [0.05, 0.1) is 12.8 Å². The number of carbonyl (C=O) groups is 1. The Morgan fingerprint density at radius 1 is 1.25 bits per heavy atom. The molecular formula is C19H18N2O3. The van der Waals surface area contributed by atoms with Gasteiger partial charge in [0.15, 0.2) is 5.76 Å². The summed E-state index contributed by atoms with van der Waals surface area (Å²) in [5.41, 5.74) is 5.15. The Bertz CT molecular complexity index is 897. The van der Waals surface area contributed by atoms with Crippen LogP contribution in [0.5, 0.6) is 5.75 Å². The molecule has 1 aromatic heterocycles. The van der Waals surface area contributed by atoms with Gasteiger partial charge in [0, 0.05) is 5.39 Å². The van der Waals surface area contributed by atoms with Crippen molar-refractivity contribution in [1.29, 1.82) is 0 Å². The normalized spacial score (nSPS) is 11.1. The highest BCUT2D eigenvalue weighted by Gasteiger charge is 2.12. The van der Waals surface area contributed by atoms with Gasteiger partial charge in [-0.15, -0.1) is 0 Å². The van der Waals surface area contributed by atoms with E-state index < -0.39 is 5.91 Å². The van der Waals surface area contributed by atoms with Crippen LogP contribution in [-0.4, -0.2) is 18.7 Å². The summed E-state index contributed by atoms with van der Waals surface area (Å²) < 4.78 is 11.0. The van der Waals surface area contributed by atoms with Gasteiger partial charge in [-0.1, -0.05) is 24.3 Å². The van der Waals surface area contributed by atoms with E-state index in [9.17, 15) is 4.79 Å². The molecule has 122 valence electrons. The maximum absolute atomic E-state index is 12.2. The zero-order chi connectivity index (χ0) is 16.9. The number of aryl methyl sites for hydroxylation is 1. The molecule has 0 radical (unpaired) electrons. The summed E-state index contributed by atoms with van der Waals surface area (Å²) in [4.78, 5) is 12.2. The number of ether oxygens (including phenoxy) is 1. The van der Waals surface area contributed by atoms with Crippen LogP contribution in [0.15, 0.2) is 58.0 Å². The van der Waals surface area contributed by atoms with Gasteiger partial charge in [0.2, 0.25) is 0 Å². The number of hydrogen-bond donors (Lipinski definition) is 1. The van der Waals surface area contributed by atoms with E-state index in [1.54, 1.807) is 18.3 Å². The third-order valence-corrected chi connectivity index (χ3v) is 3.58. The number of hydrazone groups is 1. The number of carbonyl (C=O) groups excluding carboxylic acids is 1. The Kier molecular flexibility index (Phi) is 4.61. The number of furan rings is 1. The van der Waals surface area contributed by atoms with Crippen molar-refractivity contribution in [2.45, 2.75) is 13.8 Å². The van der Waals surface area contributed by atoms with Crippen LogP contribution in [0.2, 0.25) is 0 Å². The molecule has 0 fully saturated rings. The van der Waals surface area contributed by atoms with Crippen molar-refractivity contribution < 1.29 is 13.9 Å². The molecule has 0 bridgehead atoms. The van der Waals surface area contributed by atoms with Crippen molar-refractivity contribution in [3.63, 3.8) is 0 Å². The van der Waals surface area contributed by atoms with Gasteiger partial charge in [0.25, 0.3) is 0 Å². The molecule has 0 saturated heterocycles. The van der Waals surface area contributed by atoms with Crippen molar-refractivity contribution in [1.82, 2.24) is 5.43 Å². The molecular weight excluding hydrogens is 304 g/mol. The molecule has 0 aliphatic carbocycles. The molecule has 5 heteroatoms. The number of benzene rings is 2. The minimum Gasteiger partial charge on any atom is -0.494 e. The van der Waals surface area contributed by atoms with Crippen LogP contribution in [0.25, 0.3) is 11.0 Å². The highest BCUT2D eigenvalue weighted by atomic mass is 16.5. The monoisotopic (exact) mass is 322 g/mol. The predicted molar refractivity (Wildman–Crippen MR) is 93.6 cm³/mol. The second-order valence-corrected chi connectivity index (χ2v) is 5.30. The van der Waals surface area contributed by atoms with Crippen molar-refractivity contribution >= 4 is 23.1 Å². The van der Waals surface area contributed by atoms with Crippen molar-refractivity contribution in [3.05, 3.63) is 65.4 Å². The van der Waals surface area contributed by atoms with E-state index in [-0.39, 0.29) is 5.76 Å². The minimum atomic E-state index is -0.394. The summed E-state index contributed by atoms with van der Waals surface area (Å²) >= 11 is 0. The molecule has 1 N–H and O–H groups in total. The lowest BCUT2D eigenvalue weighted by molar-refractivity contribution is 0.0929. The van der Waals surface area contributed by atoms with Gasteiger partial charge >= 0.3 is 5.91 Å². The fourth-order valence-electron chi connectivity index (χ4n) is 2.34. The SMILES string of the molecule is CCOc1ccc2oc(C(=O)N/N=C/c3ccccc3C)cc2c1. The number of rotatable bonds is 5. The average Bonchev–Trinajstić information content (AvgIpc) is 3.00. The number of nitrogens with one attached hydrogen (secondary N) is 1. The lowest BCUT2D eigenvalue weighted by Gasteiger charge is -2.00. The van der Waals surface area contributed by atoms with Crippen LogP contribution in [0, 0.1) is 6.92 Å². The zero-order valence-electron chi connectivity index (χ0n) is 13.6. The molecule has 3 rings (SSSR count). The van der Waals surface area contributed by atoms with Gasteiger partial charge in [-0.05, 0) is 49.2 Å². The standard InChI is InChI=1S/C19H18N2O3/c1-3-23-16-8-9-17-15(10-16)11-18(24-17)19(22)21-20-12-14-7-5-4-6-13(14)2/h4-12H,3H2,1-2H3,(H,21,22)/b20-12+. The Morgan fingerprint density at radius 3 is 2.88 bits per heavy atom. The number of amides is 1. The molecule has 0 atom stereocenters. The van der Waals surface area contributed by atoms with Gasteiger partial charge in [-0.25, -0.2) is 5.43 Å². The second kappa shape index (κ2) is 7.00. The van der Waals surface area contributed by atoms with Gasteiger partial charge in [-0.2, -0.15) is 5.10 Å². The second-order valence-electron chi connectivity index (χ2n) is 5.30. The fraction of sp³-hybridized carbons (Fsp3) is 0.158. The zero-order valence-corrected chi connectivity index (χ0v) is 13.6. The predicted octanol–water partition coefficient (Wildman–Crippen LogP) is 3.90. The summed E-state index contributed by atoms with van der Waals surface area (Å²) in [7, 11) is 0. The van der Waals surface area contributed by atoms with Crippen molar-refractivity contribution in [2.75, 3.05) is 6.61 Å². The third kappa shape index (κ3) is 3.46. The van der Waals surface area contributed by atoms with E-state index in [1.165, 1.54) is 0 Å². The molecule has 24 heavy (non-hydrogen) atoms. The molecule has 1 heterocycles. The largest absolute Gasteiger partial charge is 0.494 e. The molecule has 2 aromatic carbocycles. The quantitative estimate of drug-likeness (QED) is 0.572. The summed E-state index contributed by atoms with van der Waals surface area (Å²) in [6, 6.07) is 14.9. The first kappa shape index (κ1) is 15.8. The highest BCUT2D eigenvalue weighted by Crippen LogP contribution is 2.24. The van der Waals surface area contributed by atoms with E-state index in [0.29, 0.717) is 12.2 Å². The van der Waals surface area contributed by atoms with Crippen LogP contribution in [0.1, 0.15) is 28.6 Å². The van der Waals surface area contributed by atoms with Crippen molar-refractivity contribution in [2.24, 2.45) is 5.10 Å². The van der Waals surface area contributed by atoms with E-state index in [4.69, 9.17) is 9.15 Å². The summed E-state index contributed by atoms with van der Waals surface area (Å²) in [6.45, 7) is 4.49. The van der Waals surface area contributed by atoms with E-state index in [0.717, 1.165) is 22.3 Å². The number of nitrogens with zero attached hydrogens (tertiary/aromatic N) is 1. The molecule has 0 spiro atoms. The Hall–Kier alpha value is -3.08. The molecule has 0 aliphatic heterocycles. The third-order valence-electron chi connectivity index (χ3n) is 3.58. The lowest BCUT2D eigenvalue weighted by atomic mass is 10.1. The molecule has 5 nitrogen and oxygen atoms in total. The van der Waals surface area contributed by atoms with Crippen LogP contribution in [0.4, 0.5) is 0 Å². The van der Waals surface area contributed by atoms with Crippen LogP contribution >= 0.6 is 0 Å². The van der Waals surface area contributed by atoms with Crippen molar-refractivity contribution in [3.8, 4) is 5.75 Å². The fourth-order valence-corrected chi connectivity index (χ4v) is 2.34. The van der Waals surface area contributed by atoms with Gasteiger partial charge < -0.3 is 9.15 Å². The van der Waals surface area contributed by atoms with E-state index >= 15 is 0 Å². The summed E-state index contributed by atoms with van der Waals surface area (Å²) in [6.07, 6.45) is 1.61. The average molecular weight is 322 g/mol. The number of fused-ring (bicyclic) bond motifs is 1. The Balaban J connectivity index is 1.73. The topological polar surface area (TPSA) is 63.8 Å². The first-order valence-electron chi connectivity index (χ1n) is 7.73. The highest BCUT2D eigenvalue weighted by molar-refractivity contribution is 5.96. The molecule has 0 saturated carbocycles. The first-order valence-corrected chi connectivity index (χ1v) is 7.73. The summed E-state index contributed by atoms with van der Waals surface area (Å²) in [5, 5.41) is 4.80. The smallest absolute Gasteiger partial charge is 0.307 e. The van der Waals surface area contributed by atoms with Gasteiger partial charge in [0.1, 0.15) is 11.3 Å². The summed E-state index contributed by atoms with van der Waals surface area (Å²) in [5.74, 6) is 0.560. The van der Waals surface area contributed by atoms with Crippen LogP contribution < -0.4 is 10.2 Å². The first-order chi connectivity index (χ1) is 11.7. The molecule has 0 unspecified atom stereocenters. The van der Waals surface area contributed by atoms with Crippen LogP contribution in [0.3, 0.4) is 0 Å². The molecule has 0 aliphatic rings. The lowest BCUT2D eigenvalue weighted by Crippen LogP contribution is -2.16. The van der Waals surface area contributed by atoms with E-state index in [1.807, 2.05) is 50.2 Å². The molecule has 3 aromatic rings. The minimum absolute atomic E-state index is 0.209.